The smallest absolute Gasteiger partial charge is 0.196 e. The van der Waals surface area contributed by atoms with Gasteiger partial charge in [0, 0.05) is 23.7 Å². The van der Waals surface area contributed by atoms with Crippen molar-refractivity contribution in [1.29, 1.82) is 0 Å². The van der Waals surface area contributed by atoms with Gasteiger partial charge in [0.1, 0.15) is 24.1 Å². The Labute approximate surface area is 162 Å². The van der Waals surface area contributed by atoms with Crippen molar-refractivity contribution in [2.75, 3.05) is 20.6 Å². The number of aromatic amines is 1. The molecule has 0 bridgehead atoms. The second kappa shape index (κ2) is 7.73. The average molecular weight is 378 g/mol. The summed E-state index contributed by atoms with van der Waals surface area (Å²) in [5.74, 6) is 1.40. The van der Waals surface area contributed by atoms with Crippen molar-refractivity contribution in [3.05, 3.63) is 48.4 Å². The Kier molecular flexibility index (Phi) is 4.98. The van der Waals surface area contributed by atoms with E-state index < -0.39 is 0 Å². The van der Waals surface area contributed by atoms with Crippen molar-refractivity contribution < 1.29 is 4.74 Å². The summed E-state index contributed by atoms with van der Waals surface area (Å²) in [6.07, 6.45) is 1.86. The number of hydrogen-bond acceptors (Lipinski definition) is 7. The third kappa shape index (κ3) is 3.84. The number of tetrazole rings is 1. The lowest BCUT2D eigenvalue weighted by Crippen LogP contribution is -2.27. The van der Waals surface area contributed by atoms with Gasteiger partial charge in [-0.1, -0.05) is 5.21 Å². The largest absolute Gasteiger partial charge is 0.489 e. The van der Waals surface area contributed by atoms with E-state index >= 15 is 0 Å². The molecular weight excluding hydrogens is 356 g/mol. The molecule has 0 saturated carbocycles. The summed E-state index contributed by atoms with van der Waals surface area (Å²) >= 11 is 0. The molecule has 9 nitrogen and oxygen atoms in total. The van der Waals surface area contributed by atoms with E-state index in [0.717, 1.165) is 34.6 Å². The van der Waals surface area contributed by atoms with Gasteiger partial charge in [-0.15, -0.1) is 10.2 Å². The number of nitrogens with one attached hydrogen (secondary N) is 1. The van der Waals surface area contributed by atoms with Gasteiger partial charge in [-0.3, -0.25) is 0 Å². The lowest BCUT2D eigenvalue weighted by Gasteiger charge is -2.18. The summed E-state index contributed by atoms with van der Waals surface area (Å²) in [4.78, 5) is 6.58. The van der Waals surface area contributed by atoms with Crippen LogP contribution >= 0.6 is 0 Å². The minimum atomic E-state index is 0.111. The van der Waals surface area contributed by atoms with Crippen LogP contribution < -0.4 is 4.74 Å². The highest BCUT2D eigenvalue weighted by Gasteiger charge is 2.15. The third-order valence-corrected chi connectivity index (χ3v) is 4.27. The van der Waals surface area contributed by atoms with E-state index in [1.165, 1.54) is 0 Å². The molecule has 28 heavy (non-hydrogen) atoms. The van der Waals surface area contributed by atoms with Gasteiger partial charge in [0.2, 0.25) is 0 Å². The van der Waals surface area contributed by atoms with Crippen LogP contribution in [0, 0.1) is 0 Å². The topological polar surface area (TPSA) is 97.6 Å². The van der Waals surface area contributed by atoms with Crippen molar-refractivity contribution in [2.24, 2.45) is 0 Å². The van der Waals surface area contributed by atoms with Crippen LogP contribution in [0.1, 0.15) is 12.7 Å². The summed E-state index contributed by atoms with van der Waals surface area (Å²) < 4.78 is 7.76. The van der Waals surface area contributed by atoms with Gasteiger partial charge in [-0.2, -0.15) is 10.3 Å². The van der Waals surface area contributed by atoms with E-state index in [4.69, 9.17) is 9.84 Å². The van der Waals surface area contributed by atoms with Gasteiger partial charge < -0.3 is 9.64 Å². The summed E-state index contributed by atoms with van der Waals surface area (Å²) in [6, 6.07) is 11.9. The number of aromatic nitrogens is 7. The van der Waals surface area contributed by atoms with Crippen molar-refractivity contribution in [3.8, 4) is 17.0 Å². The van der Waals surface area contributed by atoms with Crippen LogP contribution in [-0.2, 0) is 6.54 Å². The molecule has 0 spiro atoms. The molecule has 1 N–H and O–H groups in total. The molecule has 1 atom stereocenters. The zero-order valence-electron chi connectivity index (χ0n) is 16.1. The van der Waals surface area contributed by atoms with Crippen LogP contribution in [0.25, 0.3) is 22.3 Å². The number of benzene rings is 1. The first-order valence-electron chi connectivity index (χ1n) is 9.06. The second-order valence-electron chi connectivity index (χ2n) is 6.92. The number of nitrogens with zero attached hydrogens (tertiary/aromatic N) is 7. The first-order valence-corrected chi connectivity index (χ1v) is 9.06. The third-order valence-electron chi connectivity index (χ3n) is 4.27. The number of likely N-dealkylation sites (N-methyl/N-ethyl adjacent to an activating group) is 1. The fourth-order valence-electron chi connectivity index (χ4n) is 3.19. The summed E-state index contributed by atoms with van der Waals surface area (Å²) in [7, 11) is 4.07. The Morgan fingerprint density at radius 3 is 2.71 bits per heavy atom. The van der Waals surface area contributed by atoms with Crippen molar-refractivity contribution in [2.45, 2.75) is 19.6 Å². The van der Waals surface area contributed by atoms with Gasteiger partial charge in [0.15, 0.2) is 11.5 Å². The molecule has 0 amide bonds. The molecule has 144 valence electrons. The van der Waals surface area contributed by atoms with E-state index in [2.05, 4.69) is 37.4 Å². The Morgan fingerprint density at radius 1 is 1.18 bits per heavy atom. The molecule has 0 radical (unpaired) electrons. The van der Waals surface area contributed by atoms with Crippen molar-refractivity contribution in [3.63, 3.8) is 0 Å². The standard InChI is InChI=1S/C19H22N8O/c1-13(11-26(2)3)28-15-8-6-14(7-9-15)18-16-5-4-10-20-19(16)27(23-18)12-17-21-24-25-22-17/h4-10,13H,11-12H2,1-3H3,(H,21,22,24,25)/t13-/m0/s1. The SMILES string of the molecule is C[C@@H](CN(C)C)Oc1ccc(-c2nn(Cc3nn[nH]n3)c3ncccc23)cc1. The molecule has 4 aromatic rings. The maximum atomic E-state index is 5.97. The maximum Gasteiger partial charge on any atom is 0.196 e. The van der Waals surface area contributed by atoms with Crippen LogP contribution in [0.5, 0.6) is 5.75 Å². The summed E-state index contributed by atoms with van der Waals surface area (Å²) in [5.41, 5.74) is 2.64. The quantitative estimate of drug-likeness (QED) is 0.525. The molecule has 3 aromatic heterocycles. The van der Waals surface area contributed by atoms with Gasteiger partial charge >= 0.3 is 0 Å². The molecule has 0 aliphatic heterocycles. The predicted octanol–water partition coefficient (Wildman–Crippen LogP) is 1.99. The Bertz CT molecular complexity index is 1040. The molecule has 0 aliphatic rings. The highest BCUT2D eigenvalue weighted by molar-refractivity contribution is 5.91. The first kappa shape index (κ1) is 18.1. The minimum absolute atomic E-state index is 0.111. The minimum Gasteiger partial charge on any atom is -0.489 e. The van der Waals surface area contributed by atoms with E-state index in [1.54, 1.807) is 10.9 Å². The number of pyridine rings is 1. The van der Waals surface area contributed by atoms with Crippen LogP contribution in [0.3, 0.4) is 0 Å². The molecule has 4 rings (SSSR count). The molecule has 0 saturated heterocycles. The van der Waals surface area contributed by atoms with Gasteiger partial charge in [0.05, 0.1) is 0 Å². The second-order valence-corrected chi connectivity index (χ2v) is 6.92. The van der Waals surface area contributed by atoms with Crippen molar-refractivity contribution >= 4 is 11.0 Å². The monoisotopic (exact) mass is 378 g/mol. The van der Waals surface area contributed by atoms with Crippen LogP contribution in [0.15, 0.2) is 42.6 Å². The highest BCUT2D eigenvalue weighted by atomic mass is 16.5. The summed E-state index contributed by atoms with van der Waals surface area (Å²) in [6.45, 7) is 3.32. The van der Waals surface area contributed by atoms with Gasteiger partial charge in [-0.25, -0.2) is 9.67 Å². The predicted molar refractivity (Wildman–Crippen MR) is 105 cm³/mol. The fraction of sp³-hybridized carbons (Fsp3) is 0.316. The van der Waals surface area contributed by atoms with Crippen molar-refractivity contribution in [1.82, 2.24) is 40.3 Å². The number of fused-ring (bicyclic) bond motifs is 1. The van der Waals surface area contributed by atoms with Crippen LogP contribution in [-0.4, -0.2) is 67.0 Å². The molecule has 3 heterocycles. The zero-order valence-corrected chi connectivity index (χ0v) is 16.1. The van der Waals surface area contributed by atoms with E-state index in [9.17, 15) is 0 Å². The molecule has 0 unspecified atom stereocenters. The van der Waals surface area contributed by atoms with Crippen LogP contribution in [0.2, 0.25) is 0 Å². The molecule has 1 aromatic carbocycles. The Balaban J connectivity index is 1.62. The maximum absolute atomic E-state index is 5.97. The number of rotatable bonds is 7. The van der Waals surface area contributed by atoms with E-state index in [-0.39, 0.29) is 6.10 Å². The van der Waals surface area contributed by atoms with E-state index in [0.29, 0.717) is 12.4 Å². The molecule has 9 heteroatoms. The average Bonchev–Trinajstić information content (AvgIpc) is 3.31. The van der Waals surface area contributed by atoms with Gasteiger partial charge in [-0.05, 0) is 57.4 Å². The summed E-state index contributed by atoms with van der Waals surface area (Å²) in [5, 5.41) is 19.8. The molecule has 0 fully saturated rings. The number of ether oxygens (including phenoxy) is 1. The molecular formula is C19H22N8O. The normalized spacial score (nSPS) is 12.6. The Morgan fingerprint density at radius 2 is 2.00 bits per heavy atom. The zero-order chi connectivity index (χ0) is 19.5. The van der Waals surface area contributed by atoms with Gasteiger partial charge in [0.25, 0.3) is 0 Å². The van der Waals surface area contributed by atoms with Crippen LogP contribution in [0.4, 0.5) is 0 Å². The highest BCUT2D eigenvalue weighted by Crippen LogP contribution is 2.28. The Hall–Kier alpha value is -3.33. The lowest BCUT2D eigenvalue weighted by atomic mass is 10.1. The fourth-order valence-corrected chi connectivity index (χ4v) is 3.19. The number of hydrogen-bond donors (Lipinski definition) is 1. The number of H-pyrrole nitrogens is 1. The van der Waals surface area contributed by atoms with E-state index in [1.807, 2.05) is 50.5 Å². The first-order chi connectivity index (χ1) is 13.6. The molecule has 0 aliphatic carbocycles. The lowest BCUT2D eigenvalue weighted by molar-refractivity contribution is 0.177.